The number of ketones is 1. The monoisotopic (exact) mass is 433 g/mol. The molecule has 0 aliphatic heterocycles. The number of carbonyl (C=O) groups excluding carboxylic acids is 2. The number of aromatic nitrogens is 3. The van der Waals surface area contributed by atoms with Crippen LogP contribution in [0.3, 0.4) is 0 Å². The highest BCUT2D eigenvalue weighted by Crippen LogP contribution is 2.30. The van der Waals surface area contributed by atoms with Crippen LogP contribution in [0.4, 0.5) is 11.5 Å². The number of halogens is 1. The van der Waals surface area contributed by atoms with E-state index in [4.69, 9.17) is 17.3 Å². The molecule has 31 heavy (non-hydrogen) atoms. The summed E-state index contributed by atoms with van der Waals surface area (Å²) in [7, 11) is 1.64. The van der Waals surface area contributed by atoms with Gasteiger partial charge in [0.25, 0.3) is 5.91 Å². The highest BCUT2D eigenvalue weighted by Gasteiger charge is 2.26. The number of Topliss-reactive ketones (excluding diaryl/α,β-unsaturated/α-hetero) is 1. The van der Waals surface area contributed by atoms with Crippen LogP contribution in [0.25, 0.3) is 16.9 Å². The molecule has 0 fully saturated rings. The minimum atomic E-state index is -0.376. The number of nitrogens with zero attached hydrogens (tertiary/aromatic N) is 4. The summed E-state index contributed by atoms with van der Waals surface area (Å²) >= 11 is 5.95. The van der Waals surface area contributed by atoms with Crippen molar-refractivity contribution in [2.24, 2.45) is 0 Å². The van der Waals surface area contributed by atoms with Crippen LogP contribution in [0, 0.1) is 6.92 Å². The van der Waals surface area contributed by atoms with E-state index in [1.807, 2.05) is 30.3 Å². The first-order valence-electron chi connectivity index (χ1n) is 9.58. The maximum atomic E-state index is 13.3. The van der Waals surface area contributed by atoms with Crippen LogP contribution in [0.15, 0.2) is 54.6 Å². The van der Waals surface area contributed by atoms with Crippen LogP contribution in [0.5, 0.6) is 0 Å². The lowest BCUT2D eigenvalue weighted by molar-refractivity contribution is 0.0986. The van der Waals surface area contributed by atoms with Gasteiger partial charge in [0.15, 0.2) is 11.4 Å². The number of imidazole rings is 1. The highest BCUT2D eigenvalue weighted by atomic mass is 35.5. The predicted octanol–water partition coefficient (Wildman–Crippen LogP) is 4.42. The van der Waals surface area contributed by atoms with E-state index in [1.165, 1.54) is 11.8 Å². The second-order valence-electron chi connectivity index (χ2n) is 7.16. The number of rotatable bonds is 4. The van der Waals surface area contributed by atoms with Crippen LogP contribution in [0.2, 0.25) is 5.02 Å². The van der Waals surface area contributed by atoms with E-state index in [0.717, 1.165) is 5.56 Å². The molecule has 0 aliphatic carbocycles. The van der Waals surface area contributed by atoms with Crippen molar-refractivity contribution in [2.45, 2.75) is 13.8 Å². The van der Waals surface area contributed by atoms with Gasteiger partial charge in [-0.25, -0.2) is 9.97 Å². The second-order valence-corrected chi connectivity index (χ2v) is 7.60. The number of anilines is 2. The third-order valence-corrected chi connectivity index (χ3v) is 5.38. The second kappa shape index (κ2) is 7.85. The third-order valence-electron chi connectivity index (χ3n) is 5.13. The first-order valence-corrected chi connectivity index (χ1v) is 9.96. The lowest BCUT2D eigenvalue weighted by Crippen LogP contribution is -2.29. The summed E-state index contributed by atoms with van der Waals surface area (Å²) in [5.74, 6) is -0.344. The molecule has 156 valence electrons. The molecule has 4 rings (SSSR count). The third kappa shape index (κ3) is 3.53. The Hall–Kier alpha value is -3.71. The van der Waals surface area contributed by atoms with Gasteiger partial charge in [-0.15, -0.1) is 0 Å². The normalized spacial score (nSPS) is 11.0. The van der Waals surface area contributed by atoms with Gasteiger partial charge in [0.1, 0.15) is 22.9 Å². The molecule has 0 aliphatic rings. The molecule has 0 saturated heterocycles. The van der Waals surface area contributed by atoms with Crippen molar-refractivity contribution in [1.29, 1.82) is 0 Å². The topological polar surface area (TPSA) is 93.6 Å². The summed E-state index contributed by atoms with van der Waals surface area (Å²) in [6.45, 7) is 3.13. The van der Waals surface area contributed by atoms with Gasteiger partial charge in [0, 0.05) is 30.2 Å². The molecular weight excluding hydrogens is 414 g/mol. The molecular formula is C23H20ClN5O2. The van der Waals surface area contributed by atoms with Crippen molar-refractivity contribution in [2.75, 3.05) is 17.7 Å². The van der Waals surface area contributed by atoms with Crippen LogP contribution in [0.1, 0.15) is 33.6 Å². The number of carbonyl (C=O) groups is 2. The Balaban J connectivity index is 1.91. The quantitative estimate of drug-likeness (QED) is 0.481. The Morgan fingerprint density at radius 1 is 1.00 bits per heavy atom. The number of nitrogen functional groups attached to an aromatic ring is 1. The summed E-state index contributed by atoms with van der Waals surface area (Å²) in [5, 5.41) is 0.568. The summed E-state index contributed by atoms with van der Waals surface area (Å²) in [5.41, 5.74) is 9.46. The molecule has 0 atom stereocenters. The standard InChI is InChI=1S/C23H20ClN5O2/c1-13-18(23(31)28(3)17-11-9-16(24)10-12-17)26-19(14(2)30)22-27-20(21(25)29(13)22)15-7-5-4-6-8-15/h4-12H,25H2,1-3H3. The van der Waals surface area contributed by atoms with Gasteiger partial charge in [0.2, 0.25) is 0 Å². The van der Waals surface area contributed by atoms with Gasteiger partial charge in [-0.1, -0.05) is 41.9 Å². The molecule has 7 nitrogen and oxygen atoms in total. The zero-order valence-corrected chi connectivity index (χ0v) is 18.0. The van der Waals surface area contributed by atoms with E-state index in [9.17, 15) is 9.59 Å². The molecule has 2 heterocycles. The van der Waals surface area contributed by atoms with Crippen LogP contribution in [-0.4, -0.2) is 33.1 Å². The molecule has 8 heteroatoms. The van der Waals surface area contributed by atoms with Crippen molar-refractivity contribution in [3.05, 3.63) is 76.7 Å². The number of hydrogen-bond donors (Lipinski definition) is 1. The fourth-order valence-electron chi connectivity index (χ4n) is 3.47. The first-order chi connectivity index (χ1) is 14.8. The van der Waals surface area contributed by atoms with Crippen LogP contribution >= 0.6 is 11.6 Å². The first kappa shape index (κ1) is 20.6. The van der Waals surface area contributed by atoms with Gasteiger partial charge in [-0.2, -0.15) is 0 Å². The van der Waals surface area contributed by atoms with Crippen molar-refractivity contribution in [3.63, 3.8) is 0 Å². The molecule has 0 radical (unpaired) electrons. The van der Waals surface area contributed by atoms with Crippen LogP contribution < -0.4 is 10.6 Å². The average Bonchev–Trinajstić information content (AvgIpc) is 3.11. The zero-order chi connectivity index (χ0) is 22.3. The molecule has 1 amide bonds. The van der Waals surface area contributed by atoms with Gasteiger partial charge < -0.3 is 10.6 Å². The fraction of sp³-hybridized carbons (Fsp3) is 0.130. The van der Waals surface area contributed by atoms with Gasteiger partial charge in [0.05, 0.1) is 5.69 Å². The van der Waals surface area contributed by atoms with E-state index in [2.05, 4.69) is 9.97 Å². The van der Waals surface area contributed by atoms with E-state index < -0.39 is 0 Å². The SMILES string of the molecule is CC(=O)c1nc(C(=O)N(C)c2ccc(Cl)cc2)c(C)n2c(N)c(-c3ccccc3)nc12. The van der Waals surface area contributed by atoms with E-state index in [-0.39, 0.29) is 23.1 Å². The van der Waals surface area contributed by atoms with Crippen LogP contribution in [-0.2, 0) is 0 Å². The lowest BCUT2D eigenvalue weighted by atomic mass is 10.1. The largest absolute Gasteiger partial charge is 0.383 e. The Morgan fingerprint density at radius 2 is 1.65 bits per heavy atom. The van der Waals surface area contributed by atoms with E-state index >= 15 is 0 Å². The fourth-order valence-corrected chi connectivity index (χ4v) is 3.59. The number of aryl methyl sites for hydroxylation is 1. The minimum Gasteiger partial charge on any atom is -0.383 e. The smallest absolute Gasteiger partial charge is 0.278 e. The van der Waals surface area contributed by atoms with Crippen molar-refractivity contribution in [3.8, 4) is 11.3 Å². The molecule has 0 unspecified atom stereocenters. The maximum absolute atomic E-state index is 13.3. The molecule has 2 aromatic carbocycles. The summed E-state index contributed by atoms with van der Waals surface area (Å²) in [6, 6.07) is 16.3. The summed E-state index contributed by atoms with van der Waals surface area (Å²) in [6.07, 6.45) is 0. The molecule has 0 bridgehead atoms. The van der Waals surface area contributed by atoms with Crippen molar-refractivity contribution in [1.82, 2.24) is 14.4 Å². The van der Waals surface area contributed by atoms with E-state index in [0.29, 0.717) is 33.6 Å². The molecule has 0 spiro atoms. The van der Waals surface area contributed by atoms with Gasteiger partial charge >= 0.3 is 0 Å². The van der Waals surface area contributed by atoms with Gasteiger partial charge in [-0.05, 0) is 31.2 Å². The average molecular weight is 434 g/mol. The number of benzene rings is 2. The molecule has 2 aromatic heterocycles. The molecule has 2 N–H and O–H groups in total. The van der Waals surface area contributed by atoms with Crippen molar-refractivity contribution >= 4 is 40.4 Å². The summed E-state index contributed by atoms with van der Waals surface area (Å²) in [4.78, 5) is 36.1. The molecule has 0 saturated carbocycles. The van der Waals surface area contributed by atoms with Crippen molar-refractivity contribution < 1.29 is 9.59 Å². The number of nitrogens with two attached hydrogens (primary N) is 1. The Bertz CT molecular complexity index is 1310. The Kier molecular flexibility index (Phi) is 5.20. The maximum Gasteiger partial charge on any atom is 0.278 e. The number of hydrogen-bond acceptors (Lipinski definition) is 5. The Labute approximate surface area is 184 Å². The Morgan fingerprint density at radius 3 is 2.26 bits per heavy atom. The molecule has 4 aromatic rings. The van der Waals surface area contributed by atoms with Gasteiger partial charge in [-0.3, -0.25) is 14.0 Å². The zero-order valence-electron chi connectivity index (χ0n) is 17.3. The number of fused-ring (bicyclic) bond motifs is 1. The number of amides is 1. The van der Waals surface area contributed by atoms with E-state index in [1.54, 1.807) is 42.6 Å². The minimum absolute atomic E-state index is 0.0901. The highest BCUT2D eigenvalue weighted by molar-refractivity contribution is 6.30. The summed E-state index contributed by atoms with van der Waals surface area (Å²) < 4.78 is 1.62. The lowest BCUT2D eigenvalue weighted by Gasteiger charge is -2.19. The predicted molar refractivity (Wildman–Crippen MR) is 122 cm³/mol.